The van der Waals surface area contributed by atoms with Gasteiger partial charge in [0, 0.05) is 5.70 Å². The lowest BCUT2D eigenvalue weighted by Crippen LogP contribution is -1.95. The number of rotatable bonds is 1. The maximum Gasteiger partial charge on any atom is 0.0294 e. The number of hydrogen-bond acceptors (Lipinski definition) is 1. The van der Waals surface area contributed by atoms with Gasteiger partial charge in [0.25, 0.3) is 0 Å². The van der Waals surface area contributed by atoms with Crippen LogP contribution < -0.4 is 5.73 Å². The zero-order valence-electron chi connectivity index (χ0n) is 8.86. The fraction of sp³-hybridized carbons (Fsp3) is 0.600. The quantitative estimate of drug-likeness (QED) is 0.579. The summed E-state index contributed by atoms with van der Waals surface area (Å²) in [6.07, 6.45) is 1.84. The fourth-order valence-corrected chi connectivity index (χ4v) is 0.246. The van der Waals surface area contributed by atoms with Crippen LogP contribution in [0.1, 0.15) is 41.5 Å². The minimum absolute atomic E-state index is 0.778. The summed E-state index contributed by atoms with van der Waals surface area (Å²) in [5.74, 6) is 0. The molecule has 0 saturated heterocycles. The van der Waals surface area contributed by atoms with E-state index in [1.165, 1.54) is 0 Å². The van der Waals surface area contributed by atoms with E-state index in [1.54, 1.807) is 0 Å². The van der Waals surface area contributed by atoms with E-state index in [2.05, 4.69) is 6.58 Å². The number of nitrogens with two attached hydrogens (primary N) is 1. The second-order valence-corrected chi connectivity index (χ2v) is 1.52. The maximum atomic E-state index is 5.38. The van der Waals surface area contributed by atoms with Gasteiger partial charge in [0.15, 0.2) is 0 Å². The van der Waals surface area contributed by atoms with Crippen LogP contribution in [0.2, 0.25) is 0 Å². The smallest absolute Gasteiger partial charge is 0.0294 e. The molecule has 0 aromatic carbocycles. The molecule has 0 amide bonds. The summed E-state index contributed by atoms with van der Waals surface area (Å²) in [4.78, 5) is 0. The molecule has 0 heterocycles. The summed E-state index contributed by atoms with van der Waals surface area (Å²) < 4.78 is 0. The molecule has 0 aliphatic heterocycles. The van der Waals surface area contributed by atoms with Gasteiger partial charge in [-0.15, -0.1) is 0 Å². The number of hydrogen-bond donors (Lipinski definition) is 1. The Labute approximate surface area is 72.0 Å². The lowest BCUT2D eigenvalue weighted by molar-refractivity contribution is 1.29. The third kappa shape index (κ3) is 17.6. The molecule has 0 atom stereocenters. The lowest BCUT2D eigenvalue weighted by Gasteiger charge is -1.92. The molecule has 0 aliphatic rings. The predicted molar refractivity (Wildman–Crippen MR) is 55.5 cm³/mol. The zero-order valence-corrected chi connectivity index (χ0v) is 8.86. The molecule has 0 aliphatic carbocycles. The Morgan fingerprint density at radius 3 is 1.45 bits per heavy atom. The molecule has 0 aromatic rings. The summed E-state index contributed by atoms with van der Waals surface area (Å²) in [7, 11) is 0. The first-order valence-corrected chi connectivity index (χ1v) is 4.26. The first-order chi connectivity index (χ1) is 5.18. The summed E-state index contributed by atoms with van der Waals surface area (Å²) in [6.45, 7) is 15.4. The van der Waals surface area contributed by atoms with Crippen molar-refractivity contribution in [3.05, 3.63) is 23.9 Å². The summed E-state index contributed by atoms with van der Waals surface area (Å²) in [6, 6.07) is 0. The Kier molecular flexibility index (Phi) is 24.5. The van der Waals surface area contributed by atoms with Crippen molar-refractivity contribution in [3.63, 3.8) is 0 Å². The van der Waals surface area contributed by atoms with Crippen LogP contribution in [0, 0.1) is 0 Å². The van der Waals surface area contributed by atoms with Gasteiger partial charge in [0.05, 0.1) is 0 Å². The third-order valence-electron chi connectivity index (χ3n) is 0.804. The van der Waals surface area contributed by atoms with Crippen LogP contribution in [0.25, 0.3) is 0 Å². The second kappa shape index (κ2) is 16.1. The van der Waals surface area contributed by atoms with Gasteiger partial charge in [-0.05, 0) is 19.4 Å². The molecule has 1 heteroatoms. The van der Waals surface area contributed by atoms with Gasteiger partial charge >= 0.3 is 0 Å². The average molecular weight is 157 g/mol. The van der Waals surface area contributed by atoms with E-state index in [9.17, 15) is 0 Å². The first kappa shape index (κ1) is 16.7. The van der Waals surface area contributed by atoms with E-state index in [1.807, 2.05) is 47.6 Å². The molecular formula is C10H23N. The highest BCUT2D eigenvalue weighted by Crippen LogP contribution is 1.95. The number of allylic oxidation sites excluding steroid dienone is 2. The van der Waals surface area contributed by atoms with E-state index in [4.69, 9.17) is 5.73 Å². The van der Waals surface area contributed by atoms with Gasteiger partial charge < -0.3 is 5.73 Å². The van der Waals surface area contributed by atoms with E-state index < -0.39 is 0 Å². The van der Waals surface area contributed by atoms with Gasteiger partial charge in [0.1, 0.15) is 0 Å². The first-order valence-electron chi connectivity index (χ1n) is 4.26. The minimum Gasteiger partial charge on any atom is -0.399 e. The lowest BCUT2D eigenvalue weighted by atomic mass is 10.2. The van der Waals surface area contributed by atoms with Gasteiger partial charge in [-0.1, -0.05) is 40.3 Å². The van der Waals surface area contributed by atoms with Crippen LogP contribution in [0.5, 0.6) is 0 Å². The summed E-state index contributed by atoms with van der Waals surface area (Å²) >= 11 is 0. The van der Waals surface area contributed by atoms with Crippen molar-refractivity contribution >= 4 is 0 Å². The maximum absolute atomic E-state index is 5.38. The average Bonchev–Trinajstić information content (AvgIpc) is 2.10. The van der Waals surface area contributed by atoms with E-state index in [0.29, 0.717) is 0 Å². The van der Waals surface area contributed by atoms with E-state index in [-0.39, 0.29) is 0 Å². The highest BCUT2D eigenvalue weighted by molar-refractivity contribution is 5.21. The molecule has 0 radical (unpaired) electrons. The monoisotopic (exact) mass is 157 g/mol. The van der Waals surface area contributed by atoms with Crippen molar-refractivity contribution in [2.45, 2.75) is 41.5 Å². The van der Waals surface area contributed by atoms with E-state index >= 15 is 0 Å². The largest absolute Gasteiger partial charge is 0.399 e. The standard InChI is InChI=1S/C6H11N.2C2H6/c1-4-6(7)5(2)3;2*1-2/h4H,2,7H2,1,3H3;2*1-2H3/b6-4+;;. The van der Waals surface area contributed by atoms with Crippen molar-refractivity contribution in [1.82, 2.24) is 0 Å². The van der Waals surface area contributed by atoms with Crippen LogP contribution in [-0.4, -0.2) is 0 Å². The highest BCUT2D eigenvalue weighted by Gasteiger charge is 1.82. The van der Waals surface area contributed by atoms with Crippen LogP contribution in [0.15, 0.2) is 23.9 Å². The predicted octanol–water partition coefficient (Wildman–Crippen LogP) is 3.48. The molecule has 0 rings (SSSR count). The van der Waals surface area contributed by atoms with Crippen LogP contribution >= 0.6 is 0 Å². The zero-order chi connectivity index (χ0) is 9.86. The van der Waals surface area contributed by atoms with Gasteiger partial charge in [-0.25, -0.2) is 0 Å². The molecule has 0 bridgehead atoms. The summed E-state index contributed by atoms with van der Waals surface area (Å²) in [5, 5.41) is 0. The van der Waals surface area contributed by atoms with Gasteiger partial charge in [-0.3, -0.25) is 0 Å². The normalized spacial score (nSPS) is 8.36. The molecular weight excluding hydrogens is 134 g/mol. The van der Waals surface area contributed by atoms with Crippen LogP contribution in [-0.2, 0) is 0 Å². The van der Waals surface area contributed by atoms with Crippen molar-refractivity contribution in [3.8, 4) is 0 Å². The SMILES string of the molecule is C=C(C)/C(N)=C\C.CC.CC. The molecule has 11 heavy (non-hydrogen) atoms. The van der Waals surface area contributed by atoms with Crippen molar-refractivity contribution in [2.24, 2.45) is 5.73 Å². The molecule has 1 nitrogen and oxygen atoms in total. The molecule has 2 N–H and O–H groups in total. The van der Waals surface area contributed by atoms with Crippen molar-refractivity contribution in [1.29, 1.82) is 0 Å². The van der Waals surface area contributed by atoms with Gasteiger partial charge in [0.2, 0.25) is 0 Å². The highest BCUT2D eigenvalue weighted by atomic mass is 14.6. The topological polar surface area (TPSA) is 26.0 Å². The van der Waals surface area contributed by atoms with Crippen molar-refractivity contribution in [2.75, 3.05) is 0 Å². The Morgan fingerprint density at radius 1 is 1.18 bits per heavy atom. The van der Waals surface area contributed by atoms with Gasteiger partial charge in [-0.2, -0.15) is 0 Å². The fourth-order valence-electron chi connectivity index (χ4n) is 0.246. The van der Waals surface area contributed by atoms with Crippen molar-refractivity contribution < 1.29 is 0 Å². The Bertz CT molecular complexity index is 101. The minimum atomic E-state index is 0.778. The Morgan fingerprint density at radius 2 is 1.45 bits per heavy atom. The molecule has 0 aromatic heterocycles. The Balaban J connectivity index is -0.000000138. The molecule has 0 fully saturated rings. The molecule has 68 valence electrons. The van der Waals surface area contributed by atoms with E-state index in [0.717, 1.165) is 11.3 Å². The third-order valence-corrected chi connectivity index (χ3v) is 0.804. The molecule has 0 unspecified atom stereocenters. The molecule has 0 saturated carbocycles. The Hall–Kier alpha value is -0.720. The van der Waals surface area contributed by atoms with Crippen LogP contribution in [0.3, 0.4) is 0 Å². The second-order valence-electron chi connectivity index (χ2n) is 1.52. The van der Waals surface area contributed by atoms with Crippen LogP contribution in [0.4, 0.5) is 0 Å². The summed E-state index contributed by atoms with van der Waals surface area (Å²) in [5.41, 5.74) is 7.09. The molecule has 0 spiro atoms.